The lowest BCUT2D eigenvalue weighted by Gasteiger charge is -2.33. The van der Waals surface area contributed by atoms with Crippen LogP contribution in [0, 0.1) is 6.92 Å². The minimum atomic E-state index is -3.54. The Balaban J connectivity index is 2.08. The molecule has 5 heteroatoms. The van der Waals surface area contributed by atoms with Gasteiger partial charge in [0.25, 0.3) is 10.0 Å². The zero-order valence-corrected chi connectivity index (χ0v) is 13.0. The van der Waals surface area contributed by atoms with Crippen LogP contribution < -0.4 is 4.31 Å². The van der Waals surface area contributed by atoms with Gasteiger partial charge in [0, 0.05) is 18.4 Å². The maximum absolute atomic E-state index is 12.9. The normalized spacial score (nSPS) is 18.4. The number of hydrogen-bond donors (Lipinski definition) is 0. The SMILES string of the molecule is Cc1ccc(S(=O)(=O)N2CC[C@@H](C)c3ccccc32)cn1. The number of fused-ring (bicyclic) bond motifs is 1. The molecule has 3 rings (SSSR count). The van der Waals surface area contributed by atoms with Crippen molar-refractivity contribution < 1.29 is 8.42 Å². The van der Waals surface area contributed by atoms with Crippen molar-refractivity contribution in [3.05, 3.63) is 53.9 Å². The van der Waals surface area contributed by atoms with Crippen LogP contribution in [-0.4, -0.2) is 19.9 Å². The fourth-order valence-electron chi connectivity index (χ4n) is 2.70. The van der Waals surface area contributed by atoms with Crippen LogP contribution in [0.4, 0.5) is 5.69 Å². The summed E-state index contributed by atoms with van der Waals surface area (Å²) < 4.78 is 27.2. The summed E-state index contributed by atoms with van der Waals surface area (Å²) in [6.07, 6.45) is 2.26. The van der Waals surface area contributed by atoms with Crippen molar-refractivity contribution in [3.63, 3.8) is 0 Å². The molecule has 0 N–H and O–H groups in total. The molecule has 4 nitrogen and oxygen atoms in total. The largest absolute Gasteiger partial charge is 0.266 e. The molecule has 0 unspecified atom stereocenters. The highest BCUT2D eigenvalue weighted by molar-refractivity contribution is 7.92. The van der Waals surface area contributed by atoms with Gasteiger partial charge in [-0.25, -0.2) is 8.42 Å². The van der Waals surface area contributed by atoms with Gasteiger partial charge in [0.05, 0.1) is 5.69 Å². The minimum Gasteiger partial charge on any atom is -0.266 e. The highest BCUT2D eigenvalue weighted by atomic mass is 32.2. The van der Waals surface area contributed by atoms with E-state index in [0.29, 0.717) is 12.5 Å². The van der Waals surface area contributed by atoms with E-state index in [-0.39, 0.29) is 4.90 Å². The van der Waals surface area contributed by atoms with E-state index in [1.54, 1.807) is 12.1 Å². The fourth-order valence-corrected chi connectivity index (χ4v) is 4.15. The summed E-state index contributed by atoms with van der Waals surface area (Å²) in [5.74, 6) is 0.379. The number of nitrogens with zero attached hydrogens (tertiary/aromatic N) is 2. The number of para-hydroxylation sites is 1. The van der Waals surface area contributed by atoms with Gasteiger partial charge in [0.15, 0.2) is 0 Å². The second-order valence-corrected chi connectivity index (χ2v) is 7.32. The van der Waals surface area contributed by atoms with E-state index in [4.69, 9.17) is 0 Å². The molecule has 2 heterocycles. The third-order valence-corrected chi connectivity index (χ3v) is 5.77. The molecule has 0 aliphatic carbocycles. The van der Waals surface area contributed by atoms with Crippen molar-refractivity contribution in [1.29, 1.82) is 0 Å². The Kier molecular flexibility index (Phi) is 3.45. The van der Waals surface area contributed by atoms with Crippen molar-refractivity contribution in [3.8, 4) is 0 Å². The minimum absolute atomic E-state index is 0.248. The number of rotatable bonds is 2. The van der Waals surface area contributed by atoms with Gasteiger partial charge >= 0.3 is 0 Å². The topological polar surface area (TPSA) is 50.3 Å². The Morgan fingerprint density at radius 2 is 1.95 bits per heavy atom. The molecule has 21 heavy (non-hydrogen) atoms. The van der Waals surface area contributed by atoms with Crippen LogP contribution in [0.2, 0.25) is 0 Å². The van der Waals surface area contributed by atoms with Crippen LogP contribution in [0.25, 0.3) is 0 Å². The molecule has 1 aromatic heterocycles. The molecule has 0 fully saturated rings. The molecule has 2 aromatic rings. The van der Waals surface area contributed by atoms with Gasteiger partial charge in [0.2, 0.25) is 0 Å². The van der Waals surface area contributed by atoms with E-state index >= 15 is 0 Å². The fraction of sp³-hybridized carbons (Fsp3) is 0.312. The van der Waals surface area contributed by atoms with Crippen molar-refractivity contribution in [2.45, 2.75) is 31.1 Å². The molecule has 0 bridgehead atoms. The molecular weight excluding hydrogens is 284 g/mol. The lowest BCUT2D eigenvalue weighted by Crippen LogP contribution is -2.36. The van der Waals surface area contributed by atoms with Gasteiger partial charge < -0.3 is 0 Å². The molecule has 110 valence electrons. The summed E-state index contributed by atoms with van der Waals surface area (Å²) in [6, 6.07) is 11.1. The van der Waals surface area contributed by atoms with Gasteiger partial charge in [-0.3, -0.25) is 9.29 Å². The van der Waals surface area contributed by atoms with Crippen molar-refractivity contribution >= 4 is 15.7 Å². The first-order valence-corrected chi connectivity index (χ1v) is 8.48. The summed E-state index contributed by atoms with van der Waals surface area (Å²) in [5.41, 5.74) is 2.69. The van der Waals surface area contributed by atoms with Gasteiger partial charge in [-0.15, -0.1) is 0 Å². The number of benzene rings is 1. The predicted octanol–water partition coefficient (Wildman–Crippen LogP) is 3.09. The van der Waals surface area contributed by atoms with Crippen LogP contribution in [0.15, 0.2) is 47.5 Å². The predicted molar refractivity (Wildman–Crippen MR) is 83.0 cm³/mol. The quantitative estimate of drug-likeness (QED) is 0.856. The lowest BCUT2D eigenvalue weighted by molar-refractivity contribution is 0.578. The zero-order valence-electron chi connectivity index (χ0n) is 12.2. The molecule has 0 saturated carbocycles. The zero-order chi connectivity index (χ0) is 15.0. The Morgan fingerprint density at radius 1 is 1.19 bits per heavy atom. The molecule has 1 atom stereocenters. The first-order chi connectivity index (χ1) is 10.00. The second kappa shape index (κ2) is 5.15. The van der Waals surface area contributed by atoms with E-state index in [2.05, 4.69) is 11.9 Å². The Labute approximate surface area is 125 Å². The number of hydrogen-bond acceptors (Lipinski definition) is 3. The average molecular weight is 302 g/mol. The lowest BCUT2D eigenvalue weighted by atomic mass is 9.93. The maximum atomic E-state index is 12.9. The average Bonchev–Trinajstić information content (AvgIpc) is 2.48. The number of pyridine rings is 1. The summed E-state index contributed by atoms with van der Waals surface area (Å²) >= 11 is 0. The molecule has 1 aromatic carbocycles. The molecule has 0 saturated heterocycles. The molecule has 0 spiro atoms. The van der Waals surface area contributed by atoms with Crippen LogP contribution in [-0.2, 0) is 10.0 Å². The summed E-state index contributed by atoms with van der Waals surface area (Å²) in [7, 11) is -3.54. The summed E-state index contributed by atoms with van der Waals surface area (Å²) in [6.45, 7) is 4.49. The third-order valence-electron chi connectivity index (χ3n) is 3.97. The molecule has 1 aliphatic heterocycles. The molecule has 0 amide bonds. The van der Waals surface area contributed by atoms with E-state index < -0.39 is 10.0 Å². The van der Waals surface area contributed by atoms with Crippen LogP contribution >= 0.6 is 0 Å². The summed E-state index contributed by atoms with van der Waals surface area (Å²) in [5, 5.41) is 0. The third kappa shape index (κ3) is 2.42. The highest BCUT2D eigenvalue weighted by Gasteiger charge is 2.31. The highest BCUT2D eigenvalue weighted by Crippen LogP contribution is 2.37. The maximum Gasteiger partial charge on any atom is 0.265 e. The Morgan fingerprint density at radius 3 is 2.67 bits per heavy atom. The van der Waals surface area contributed by atoms with E-state index in [0.717, 1.165) is 23.4 Å². The van der Waals surface area contributed by atoms with Gasteiger partial charge in [-0.05, 0) is 43.0 Å². The molecule has 0 radical (unpaired) electrons. The monoisotopic (exact) mass is 302 g/mol. The first-order valence-electron chi connectivity index (χ1n) is 7.04. The number of aromatic nitrogens is 1. The molecular formula is C16H18N2O2S. The Bertz CT molecular complexity index is 754. The second-order valence-electron chi connectivity index (χ2n) is 5.46. The van der Waals surface area contributed by atoms with E-state index in [1.807, 2.05) is 31.2 Å². The standard InChI is InChI=1S/C16H18N2O2S/c1-12-9-10-18(16-6-4-3-5-15(12)16)21(19,20)14-8-7-13(2)17-11-14/h3-8,11-12H,9-10H2,1-2H3/t12-/m1/s1. The van der Waals surface area contributed by atoms with Gasteiger partial charge in [-0.1, -0.05) is 25.1 Å². The van der Waals surface area contributed by atoms with Crippen LogP contribution in [0.3, 0.4) is 0 Å². The van der Waals surface area contributed by atoms with E-state index in [1.165, 1.54) is 10.5 Å². The van der Waals surface area contributed by atoms with E-state index in [9.17, 15) is 8.42 Å². The van der Waals surface area contributed by atoms with Crippen LogP contribution in [0.1, 0.15) is 30.5 Å². The van der Waals surface area contributed by atoms with Crippen molar-refractivity contribution in [2.75, 3.05) is 10.8 Å². The molecule has 1 aliphatic rings. The Hall–Kier alpha value is -1.88. The van der Waals surface area contributed by atoms with Gasteiger partial charge in [-0.2, -0.15) is 0 Å². The number of anilines is 1. The first kappa shape index (κ1) is 14.1. The van der Waals surface area contributed by atoms with Crippen molar-refractivity contribution in [2.24, 2.45) is 0 Å². The summed E-state index contributed by atoms with van der Waals surface area (Å²) in [4.78, 5) is 4.35. The number of aryl methyl sites for hydroxylation is 1. The number of sulfonamides is 1. The van der Waals surface area contributed by atoms with Crippen LogP contribution in [0.5, 0.6) is 0 Å². The van der Waals surface area contributed by atoms with Gasteiger partial charge in [0.1, 0.15) is 4.90 Å². The smallest absolute Gasteiger partial charge is 0.265 e. The van der Waals surface area contributed by atoms with Crippen molar-refractivity contribution in [1.82, 2.24) is 4.98 Å².